The SMILES string of the molecule is Cc1cc(C)c(NC(=O)[C@@H](C)OC(=O)Cn2cnc3ccccc3c2=O)c(C)c1. The minimum absolute atomic E-state index is 0.323. The van der Waals surface area contributed by atoms with Gasteiger partial charge >= 0.3 is 5.97 Å². The summed E-state index contributed by atoms with van der Waals surface area (Å²) in [5.41, 5.74) is 3.89. The number of amides is 1. The predicted molar refractivity (Wildman–Crippen MR) is 111 cm³/mol. The van der Waals surface area contributed by atoms with Crippen molar-refractivity contribution in [2.45, 2.75) is 40.3 Å². The zero-order chi connectivity index (χ0) is 21.1. The first kappa shape index (κ1) is 20.3. The Bertz CT molecular complexity index is 1130. The number of fused-ring (bicyclic) bond motifs is 1. The van der Waals surface area contributed by atoms with Crippen LogP contribution in [0, 0.1) is 20.8 Å². The van der Waals surface area contributed by atoms with E-state index in [0.29, 0.717) is 16.6 Å². The van der Waals surface area contributed by atoms with Crippen LogP contribution in [-0.4, -0.2) is 27.5 Å². The Morgan fingerprint density at radius 1 is 1.14 bits per heavy atom. The number of hydrogen-bond acceptors (Lipinski definition) is 5. The van der Waals surface area contributed by atoms with Gasteiger partial charge in [0.05, 0.1) is 17.2 Å². The van der Waals surface area contributed by atoms with Crippen LogP contribution in [0.3, 0.4) is 0 Å². The monoisotopic (exact) mass is 393 g/mol. The summed E-state index contributed by atoms with van der Waals surface area (Å²) in [4.78, 5) is 41.3. The van der Waals surface area contributed by atoms with Gasteiger partial charge in [0.15, 0.2) is 6.10 Å². The van der Waals surface area contributed by atoms with Gasteiger partial charge < -0.3 is 10.1 Å². The molecule has 150 valence electrons. The molecule has 1 N–H and O–H groups in total. The van der Waals surface area contributed by atoms with E-state index in [1.807, 2.05) is 32.9 Å². The minimum Gasteiger partial charge on any atom is -0.451 e. The van der Waals surface area contributed by atoms with E-state index in [-0.39, 0.29) is 12.1 Å². The molecule has 0 aliphatic carbocycles. The van der Waals surface area contributed by atoms with E-state index in [1.165, 1.54) is 17.8 Å². The lowest BCUT2D eigenvalue weighted by Crippen LogP contribution is -2.33. The van der Waals surface area contributed by atoms with Gasteiger partial charge in [-0.25, -0.2) is 4.98 Å². The summed E-state index contributed by atoms with van der Waals surface area (Å²) in [6.07, 6.45) is 0.294. The molecule has 7 heteroatoms. The van der Waals surface area contributed by atoms with Crippen molar-refractivity contribution < 1.29 is 14.3 Å². The fraction of sp³-hybridized carbons (Fsp3) is 0.273. The number of carbonyl (C=O) groups is 2. The summed E-state index contributed by atoms with van der Waals surface area (Å²) < 4.78 is 6.39. The van der Waals surface area contributed by atoms with Crippen molar-refractivity contribution in [3.8, 4) is 0 Å². The summed E-state index contributed by atoms with van der Waals surface area (Å²) in [5.74, 6) is -1.12. The van der Waals surface area contributed by atoms with Crippen LogP contribution in [0.4, 0.5) is 5.69 Å². The molecule has 29 heavy (non-hydrogen) atoms. The molecule has 2 aromatic carbocycles. The second-order valence-electron chi connectivity index (χ2n) is 7.09. The van der Waals surface area contributed by atoms with E-state index in [4.69, 9.17) is 4.74 Å². The van der Waals surface area contributed by atoms with Gasteiger partial charge in [-0.2, -0.15) is 0 Å². The van der Waals surface area contributed by atoms with Crippen LogP contribution < -0.4 is 10.9 Å². The summed E-state index contributed by atoms with van der Waals surface area (Å²) >= 11 is 0. The van der Waals surface area contributed by atoms with Gasteiger partial charge in [0.25, 0.3) is 11.5 Å². The van der Waals surface area contributed by atoms with Crippen molar-refractivity contribution in [1.82, 2.24) is 9.55 Å². The van der Waals surface area contributed by atoms with Gasteiger partial charge in [0.1, 0.15) is 6.54 Å². The number of rotatable bonds is 5. The van der Waals surface area contributed by atoms with Crippen molar-refractivity contribution in [2.75, 3.05) is 5.32 Å². The number of anilines is 1. The second-order valence-corrected chi connectivity index (χ2v) is 7.09. The highest BCUT2D eigenvalue weighted by atomic mass is 16.5. The maximum Gasteiger partial charge on any atom is 0.326 e. The molecular formula is C22H23N3O4. The van der Waals surface area contributed by atoms with Crippen LogP contribution in [0.2, 0.25) is 0 Å². The van der Waals surface area contributed by atoms with Crippen LogP contribution in [0.15, 0.2) is 47.5 Å². The molecule has 7 nitrogen and oxygen atoms in total. The lowest BCUT2D eigenvalue weighted by atomic mass is 10.0. The Hall–Kier alpha value is -3.48. The average molecular weight is 393 g/mol. The maximum absolute atomic E-state index is 12.5. The third kappa shape index (κ3) is 4.51. The van der Waals surface area contributed by atoms with E-state index in [2.05, 4.69) is 10.3 Å². The number of ether oxygens (including phenoxy) is 1. The molecule has 1 atom stereocenters. The molecule has 0 aliphatic heterocycles. The van der Waals surface area contributed by atoms with Crippen molar-refractivity contribution in [3.63, 3.8) is 0 Å². The van der Waals surface area contributed by atoms with Crippen LogP contribution in [-0.2, 0) is 20.9 Å². The molecule has 0 aliphatic rings. The summed E-state index contributed by atoms with van der Waals surface area (Å²) in [6.45, 7) is 6.97. The fourth-order valence-corrected chi connectivity index (χ4v) is 3.25. The number of carbonyl (C=O) groups excluding carboxylic acids is 2. The van der Waals surface area contributed by atoms with Crippen molar-refractivity contribution in [2.24, 2.45) is 0 Å². The number of nitrogens with zero attached hydrogens (tertiary/aromatic N) is 2. The number of benzene rings is 2. The van der Waals surface area contributed by atoms with E-state index >= 15 is 0 Å². The predicted octanol–water partition coefficient (Wildman–Crippen LogP) is 2.89. The molecular weight excluding hydrogens is 370 g/mol. The first-order valence-electron chi connectivity index (χ1n) is 9.28. The second kappa shape index (κ2) is 8.26. The smallest absolute Gasteiger partial charge is 0.326 e. The molecule has 1 aromatic heterocycles. The van der Waals surface area contributed by atoms with Gasteiger partial charge in [-0.3, -0.25) is 19.0 Å². The topological polar surface area (TPSA) is 90.3 Å². The molecule has 0 spiro atoms. The third-order valence-corrected chi connectivity index (χ3v) is 4.63. The van der Waals surface area contributed by atoms with Crippen LogP contribution in [0.1, 0.15) is 23.6 Å². The molecule has 1 amide bonds. The van der Waals surface area contributed by atoms with Crippen LogP contribution >= 0.6 is 0 Å². The molecule has 3 aromatic rings. The molecule has 0 saturated heterocycles. The minimum atomic E-state index is -1.01. The van der Waals surface area contributed by atoms with Gasteiger partial charge in [0.2, 0.25) is 0 Å². The van der Waals surface area contributed by atoms with Gasteiger partial charge in [-0.1, -0.05) is 29.8 Å². The fourth-order valence-electron chi connectivity index (χ4n) is 3.25. The highest BCUT2D eigenvalue weighted by Crippen LogP contribution is 2.22. The standard InChI is InChI=1S/C22H23N3O4/c1-13-9-14(2)20(15(3)10-13)24-21(27)16(4)29-19(26)11-25-12-23-18-8-6-5-7-17(18)22(25)28/h5-10,12,16H,11H2,1-4H3,(H,24,27)/t16-/m1/s1. The molecule has 0 radical (unpaired) electrons. The number of nitrogens with one attached hydrogen (secondary N) is 1. The summed E-state index contributed by atoms with van der Waals surface area (Å²) in [6, 6.07) is 10.8. The number of aromatic nitrogens is 2. The van der Waals surface area contributed by atoms with Crippen molar-refractivity contribution >= 4 is 28.5 Å². The first-order chi connectivity index (χ1) is 13.8. The van der Waals surface area contributed by atoms with E-state index < -0.39 is 18.0 Å². The number of esters is 1. The van der Waals surface area contributed by atoms with Crippen LogP contribution in [0.5, 0.6) is 0 Å². The maximum atomic E-state index is 12.5. The number of para-hydroxylation sites is 1. The van der Waals surface area contributed by atoms with Crippen LogP contribution in [0.25, 0.3) is 10.9 Å². The first-order valence-corrected chi connectivity index (χ1v) is 9.28. The van der Waals surface area contributed by atoms with Crippen molar-refractivity contribution in [3.05, 3.63) is 69.8 Å². The largest absolute Gasteiger partial charge is 0.451 e. The highest BCUT2D eigenvalue weighted by molar-refractivity contribution is 5.96. The lowest BCUT2D eigenvalue weighted by Gasteiger charge is -2.17. The lowest BCUT2D eigenvalue weighted by molar-refractivity contribution is -0.153. The number of aryl methyl sites for hydroxylation is 3. The average Bonchev–Trinajstić information content (AvgIpc) is 2.66. The summed E-state index contributed by atoms with van der Waals surface area (Å²) in [7, 11) is 0. The van der Waals surface area contributed by atoms with Crippen molar-refractivity contribution in [1.29, 1.82) is 0 Å². The Morgan fingerprint density at radius 3 is 2.48 bits per heavy atom. The van der Waals surface area contributed by atoms with E-state index in [1.54, 1.807) is 24.3 Å². The number of hydrogen-bond donors (Lipinski definition) is 1. The molecule has 0 bridgehead atoms. The Morgan fingerprint density at radius 2 is 1.79 bits per heavy atom. The molecule has 0 unspecified atom stereocenters. The Kier molecular flexibility index (Phi) is 5.77. The van der Waals surface area contributed by atoms with Gasteiger partial charge in [-0.05, 0) is 51.0 Å². The highest BCUT2D eigenvalue weighted by Gasteiger charge is 2.20. The molecule has 0 saturated carbocycles. The quantitative estimate of drug-likeness (QED) is 0.673. The zero-order valence-corrected chi connectivity index (χ0v) is 16.9. The normalized spacial score (nSPS) is 11.9. The molecule has 3 rings (SSSR count). The Balaban J connectivity index is 1.67. The molecule has 1 heterocycles. The summed E-state index contributed by atoms with van der Waals surface area (Å²) in [5, 5.41) is 3.23. The van der Waals surface area contributed by atoms with E-state index in [0.717, 1.165) is 16.7 Å². The van der Waals surface area contributed by atoms with Gasteiger partial charge in [-0.15, -0.1) is 0 Å². The zero-order valence-electron chi connectivity index (χ0n) is 16.9. The van der Waals surface area contributed by atoms with E-state index in [9.17, 15) is 14.4 Å². The Labute approximate surface area is 168 Å². The van der Waals surface area contributed by atoms with Gasteiger partial charge in [0, 0.05) is 5.69 Å². The molecule has 0 fully saturated rings. The third-order valence-electron chi connectivity index (χ3n) is 4.63.